The van der Waals surface area contributed by atoms with E-state index in [2.05, 4.69) is 6.92 Å². The third-order valence-corrected chi connectivity index (χ3v) is 3.70. The molecule has 1 aromatic rings. The molecule has 0 bridgehead atoms. The van der Waals surface area contributed by atoms with Crippen molar-refractivity contribution < 1.29 is 0 Å². The fourth-order valence-electron chi connectivity index (χ4n) is 1.29. The molecule has 0 nitrogen and oxygen atoms in total. The Hall–Kier alpha value is -0.0100. The molecule has 2 rings (SSSR count). The summed E-state index contributed by atoms with van der Waals surface area (Å²) in [6.07, 6.45) is 7.41. The molecule has 2 heteroatoms. The number of halogens is 1. The van der Waals surface area contributed by atoms with Crippen LogP contribution in [0, 0.1) is 5.92 Å². The Labute approximate surface area is 96.3 Å². The number of unbranched alkanes of at least 4 members (excludes halogenated alkanes) is 1. The van der Waals surface area contributed by atoms with Gasteiger partial charge < -0.3 is 0 Å². The Morgan fingerprint density at radius 3 is 2.64 bits per heavy atom. The van der Waals surface area contributed by atoms with Crippen LogP contribution >= 0.6 is 22.9 Å². The lowest BCUT2D eigenvalue weighted by molar-refractivity contribution is 0.654. The Morgan fingerprint density at radius 1 is 1.50 bits per heavy atom. The van der Waals surface area contributed by atoms with E-state index in [0.29, 0.717) is 5.88 Å². The van der Waals surface area contributed by atoms with Crippen molar-refractivity contribution in [3.8, 4) is 0 Å². The van der Waals surface area contributed by atoms with E-state index in [9.17, 15) is 0 Å². The van der Waals surface area contributed by atoms with Gasteiger partial charge in [-0.2, -0.15) is 0 Å². The van der Waals surface area contributed by atoms with Crippen LogP contribution < -0.4 is 0 Å². The molecule has 14 heavy (non-hydrogen) atoms. The van der Waals surface area contributed by atoms with E-state index in [-0.39, 0.29) is 0 Å². The van der Waals surface area contributed by atoms with Gasteiger partial charge in [-0.25, -0.2) is 0 Å². The van der Waals surface area contributed by atoms with Crippen LogP contribution in [0.5, 0.6) is 0 Å². The molecular formula is C12H19ClS. The van der Waals surface area contributed by atoms with E-state index < -0.39 is 0 Å². The van der Waals surface area contributed by atoms with Gasteiger partial charge in [-0.15, -0.1) is 22.9 Å². The van der Waals surface area contributed by atoms with Crippen LogP contribution in [0.3, 0.4) is 0 Å². The molecule has 0 spiro atoms. The largest absolute Gasteiger partial charge is 0.148 e. The second kappa shape index (κ2) is 7.30. The third kappa shape index (κ3) is 5.66. The maximum atomic E-state index is 5.48. The first-order valence-electron chi connectivity index (χ1n) is 5.45. The maximum absolute atomic E-state index is 5.48. The molecule has 0 atom stereocenters. The molecule has 1 aliphatic rings. The first-order valence-corrected chi connectivity index (χ1v) is 6.86. The average Bonchev–Trinajstić information content (AvgIpc) is 2.89. The highest BCUT2D eigenvalue weighted by Gasteiger charge is 2.19. The van der Waals surface area contributed by atoms with E-state index in [1.54, 1.807) is 11.3 Å². The Kier molecular flexibility index (Phi) is 6.29. The fraction of sp³-hybridized carbons (Fsp3) is 0.667. The molecule has 1 saturated carbocycles. The molecule has 0 radical (unpaired) electrons. The molecule has 1 aliphatic carbocycles. The lowest BCUT2D eigenvalue weighted by atomic mass is 10.2. The highest BCUT2D eigenvalue weighted by atomic mass is 35.5. The van der Waals surface area contributed by atoms with Gasteiger partial charge in [0, 0.05) is 4.88 Å². The summed E-state index contributed by atoms with van der Waals surface area (Å²) in [6.45, 7) is 2.27. The van der Waals surface area contributed by atoms with Gasteiger partial charge >= 0.3 is 0 Å². The predicted molar refractivity (Wildman–Crippen MR) is 66.1 cm³/mol. The van der Waals surface area contributed by atoms with Gasteiger partial charge in [-0.05, 0) is 17.4 Å². The normalized spacial score (nSPS) is 14.7. The van der Waals surface area contributed by atoms with Crippen molar-refractivity contribution in [1.29, 1.82) is 0 Å². The summed E-state index contributed by atoms with van der Waals surface area (Å²) in [6, 6.07) is 4.03. The second-order valence-electron chi connectivity index (χ2n) is 3.80. The third-order valence-electron chi connectivity index (χ3n) is 2.37. The van der Waals surface area contributed by atoms with Gasteiger partial charge in [0.1, 0.15) is 0 Å². The van der Waals surface area contributed by atoms with Gasteiger partial charge in [-0.1, -0.05) is 45.1 Å². The standard InChI is InChI=1S/C7H14.C5H5ClS/c1-2-3-4-7-5-6-7;6-4-5-2-1-3-7-5/h7H,2-6H2,1H3;1-3H,4H2. The predicted octanol–water partition coefficient (Wildman–Crippen LogP) is 5.07. The van der Waals surface area contributed by atoms with Crippen molar-refractivity contribution in [1.82, 2.24) is 0 Å². The number of thiophene rings is 1. The minimum absolute atomic E-state index is 0.650. The number of hydrogen-bond donors (Lipinski definition) is 0. The summed E-state index contributed by atoms with van der Waals surface area (Å²) < 4.78 is 0. The minimum Gasteiger partial charge on any atom is -0.148 e. The van der Waals surface area contributed by atoms with Crippen molar-refractivity contribution in [2.45, 2.75) is 44.9 Å². The van der Waals surface area contributed by atoms with Gasteiger partial charge in [0.05, 0.1) is 5.88 Å². The monoisotopic (exact) mass is 230 g/mol. The minimum atomic E-state index is 0.650. The number of alkyl halides is 1. The molecular weight excluding hydrogens is 212 g/mol. The Morgan fingerprint density at radius 2 is 2.29 bits per heavy atom. The molecule has 0 aliphatic heterocycles. The lowest BCUT2D eigenvalue weighted by Crippen LogP contribution is -1.72. The van der Waals surface area contributed by atoms with E-state index in [1.807, 2.05) is 17.5 Å². The smallest absolute Gasteiger partial charge is 0.0568 e. The summed E-state index contributed by atoms with van der Waals surface area (Å²) >= 11 is 7.17. The molecule has 1 heterocycles. The van der Waals surface area contributed by atoms with E-state index in [1.165, 1.54) is 37.0 Å². The van der Waals surface area contributed by atoms with Gasteiger partial charge in [0.2, 0.25) is 0 Å². The molecule has 0 unspecified atom stereocenters. The zero-order chi connectivity index (χ0) is 10.2. The van der Waals surface area contributed by atoms with E-state index in [0.717, 1.165) is 5.92 Å². The number of hydrogen-bond acceptors (Lipinski definition) is 1. The van der Waals surface area contributed by atoms with Crippen LogP contribution in [0.2, 0.25) is 0 Å². The first kappa shape index (κ1) is 12.1. The van der Waals surface area contributed by atoms with Crippen LogP contribution in [-0.2, 0) is 5.88 Å². The summed E-state index contributed by atoms with van der Waals surface area (Å²) in [5.41, 5.74) is 0. The van der Waals surface area contributed by atoms with Gasteiger partial charge in [0.25, 0.3) is 0 Å². The molecule has 80 valence electrons. The zero-order valence-corrected chi connectivity index (χ0v) is 10.4. The summed E-state index contributed by atoms with van der Waals surface area (Å²) in [5, 5.41) is 2.03. The highest BCUT2D eigenvalue weighted by Crippen LogP contribution is 2.33. The quantitative estimate of drug-likeness (QED) is 0.634. The van der Waals surface area contributed by atoms with E-state index >= 15 is 0 Å². The molecule has 0 aromatic carbocycles. The van der Waals surface area contributed by atoms with Crippen molar-refractivity contribution in [3.63, 3.8) is 0 Å². The molecule has 0 N–H and O–H groups in total. The fourth-order valence-corrected chi connectivity index (χ4v) is 2.12. The van der Waals surface area contributed by atoms with Crippen molar-refractivity contribution in [3.05, 3.63) is 22.4 Å². The Balaban J connectivity index is 0.000000140. The van der Waals surface area contributed by atoms with Crippen LogP contribution in [-0.4, -0.2) is 0 Å². The van der Waals surface area contributed by atoms with Crippen molar-refractivity contribution in [2.24, 2.45) is 5.92 Å². The molecule has 1 aromatic heterocycles. The van der Waals surface area contributed by atoms with Crippen molar-refractivity contribution >= 4 is 22.9 Å². The zero-order valence-electron chi connectivity index (χ0n) is 8.84. The van der Waals surface area contributed by atoms with Crippen LogP contribution in [0.15, 0.2) is 17.5 Å². The van der Waals surface area contributed by atoms with E-state index in [4.69, 9.17) is 11.6 Å². The van der Waals surface area contributed by atoms with Crippen LogP contribution in [0.4, 0.5) is 0 Å². The van der Waals surface area contributed by atoms with Crippen molar-refractivity contribution in [2.75, 3.05) is 0 Å². The van der Waals surface area contributed by atoms with Crippen LogP contribution in [0.25, 0.3) is 0 Å². The SMILES string of the molecule is CCCCC1CC1.ClCc1cccs1. The second-order valence-corrected chi connectivity index (χ2v) is 5.10. The summed E-state index contributed by atoms with van der Waals surface area (Å²) in [5.74, 6) is 1.80. The first-order chi connectivity index (χ1) is 6.86. The topological polar surface area (TPSA) is 0 Å². The average molecular weight is 231 g/mol. The van der Waals surface area contributed by atoms with Gasteiger partial charge in [-0.3, -0.25) is 0 Å². The van der Waals surface area contributed by atoms with Gasteiger partial charge in [0.15, 0.2) is 0 Å². The maximum Gasteiger partial charge on any atom is 0.0568 e. The highest BCUT2D eigenvalue weighted by molar-refractivity contribution is 7.10. The number of rotatable bonds is 4. The Bertz CT molecular complexity index is 214. The molecule has 0 amide bonds. The summed E-state index contributed by atoms with van der Waals surface area (Å²) in [7, 11) is 0. The lowest BCUT2D eigenvalue weighted by Gasteiger charge is -1.88. The van der Waals surface area contributed by atoms with Crippen LogP contribution in [0.1, 0.15) is 43.9 Å². The summed E-state index contributed by atoms with van der Waals surface area (Å²) in [4.78, 5) is 1.24. The molecule has 1 fully saturated rings. The molecule has 0 saturated heterocycles.